The minimum absolute atomic E-state index is 0.0346. The summed E-state index contributed by atoms with van der Waals surface area (Å²) in [6, 6.07) is -0.732. The Kier molecular flexibility index (Phi) is 7.99. The van der Waals surface area contributed by atoms with Gasteiger partial charge < -0.3 is 25.4 Å². The van der Waals surface area contributed by atoms with Crippen molar-refractivity contribution in [3.8, 4) is 0 Å². The maximum Gasteiger partial charge on any atom is 0.409 e. The number of nitrogens with one attached hydrogen (secondary N) is 1. The first-order valence-electron chi connectivity index (χ1n) is 6.76. The molecule has 0 spiro atoms. The first-order chi connectivity index (χ1) is 10.2. The highest BCUT2D eigenvalue weighted by Crippen LogP contribution is 2.26. The third kappa shape index (κ3) is 7.19. The van der Waals surface area contributed by atoms with Crippen molar-refractivity contribution in [1.82, 2.24) is 10.2 Å². The Morgan fingerprint density at radius 1 is 1.36 bits per heavy atom. The van der Waals surface area contributed by atoms with E-state index in [1.54, 1.807) is 0 Å². The van der Waals surface area contributed by atoms with Gasteiger partial charge in [0.2, 0.25) is 9.70 Å². The lowest BCUT2D eigenvalue weighted by molar-refractivity contribution is -0.124. The lowest BCUT2D eigenvalue weighted by Gasteiger charge is -2.32. The molecular weight excluding hydrogens is 357 g/mol. The molecule has 0 radical (unpaired) electrons. The van der Waals surface area contributed by atoms with Crippen molar-refractivity contribution in [2.75, 3.05) is 33.4 Å². The summed E-state index contributed by atoms with van der Waals surface area (Å²) in [6.07, 6.45) is 0.676. The molecule has 1 aliphatic rings. The Balaban J connectivity index is 2.31. The molecule has 1 aliphatic heterocycles. The summed E-state index contributed by atoms with van der Waals surface area (Å²) < 4.78 is 8.10. The highest BCUT2D eigenvalue weighted by atomic mass is 35.6. The van der Waals surface area contributed by atoms with Crippen molar-refractivity contribution in [3.05, 3.63) is 0 Å². The second kappa shape index (κ2) is 8.98. The van der Waals surface area contributed by atoms with Gasteiger partial charge in [-0.25, -0.2) is 4.79 Å². The third-order valence-electron chi connectivity index (χ3n) is 3.14. The van der Waals surface area contributed by atoms with Crippen LogP contribution < -0.4 is 11.1 Å². The second-order valence-electron chi connectivity index (χ2n) is 5.00. The molecule has 1 saturated heterocycles. The number of hydrogen-bond donors (Lipinski definition) is 2. The monoisotopic (exact) mass is 375 g/mol. The molecule has 0 aromatic heterocycles. The average molecular weight is 377 g/mol. The summed E-state index contributed by atoms with van der Waals surface area (Å²) in [6.45, 7) is 0.749. The Hall–Kier alpha value is -0.470. The maximum absolute atomic E-state index is 11.8. The van der Waals surface area contributed by atoms with Crippen molar-refractivity contribution >= 4 is 46.8 Å². The number of hydrogen-bond acceptors (Lipinski definition) is 5. The van der Waals surface area contributed by atoms with Gasteiger partial charge in [0.1, 0.15) is 12.6 Å². The van der Waals surface area contributed by atoms with E-state index in [0.29, 0.717) is 25.9 Å². The molecule has 22 heavy (non-hydrogen) atoms. The van der Waals surface area contributed by atoms with Gasteiger partial charge in [-0.2, -0.15) is 0 Å². The molecule has 1 heterocycles. The molecule has 1 rings (SSSR count). The highest BCUT2D eigenvalue weighted by molar-refractivity contribution is 6.67. The number of rotatable bonds is 5. The van der Waals surface area contributed by atoms with E-state index in [9.17, 15) is 9.59 Å². The molecule has 2 amide bonds. The van der Waals surface area contributed by atoms with Crippen LogP contribution in [-0.4, -0.2) is 66.2 Å². The average Bonchev–Trinajstić information content (AvgIpc) is 2.45. The Morgan fingerprint density at radius 3 is 2.45 bits per heavy atom. The number of carbonyl (C=O) groups is 2. The van der Waals surface area contributed by atoms with Crippen molar-refractivity contribution in [1.29, 1.82) is 0 Å². The summed E-state index contributed by atoms with van der Waals surface area (Å²) in [7, 11) is 1.48. The minimum atomic E-state index is -1.63. The Labute approximate surface area is 144 Å². The van der Waals surface area contributed by atoms with Crippen LogP contribution in [0.4, 0.5) is 4.79 Å². The van der Waals surface area contributed by atoms with E-state index in [1.807, 2.05) is 0 Å². The third-order valence-corrected chi connectivity index (χ3v) is 3.47. The van der Waals surface area contributed by atoms with E-state index in [4.69, 9.17) is 50.0 Å². The molecule has 1 atom stereocenters. The summed E-state index contributed by atoms with van der Waals surface area (Å²) in [5, 5.41) is 2.83. The van der Waals surface area contributed by atoms with Crippen molar-refractivity contribution in [2.24, 2.45) is 5.73 Å². The van der Waals surface area contributed by atoms with Gasteiger partial charge in [-0.3, -0.25) is 4.79 Å². The summed E-state index contributed by atoms with van der Waals surface area (Å²) in [5.74, 6) is -0.265. The van der Waals surface area contributed by atoms with Crippen molar-refractivity contribution < 1.29 is 19.1 Å². The molecule has 0 aromatic carbocycles. The Morgan fingerprint density at radius 2 is 1.95 bits per heavy atom. The fourth-order valence-corrected chi connectivity index (χ4v) is 2.17. The molecule has 7 nitrogen and oxygen atoms in total. The quantitative estimate of drug-likeness (QED) is 0.699. The van der Waals surface area contributed by atoms with Gasteiger partial charge in [-0.05, 0) is 12.8 Å². The van der Waals surface area contributed by atoms with Crippen molar-refractivity contribution in [3.63, 3.8) is 0 Å². The molecule has 0 saturated carbocycles. The molecule has 0 unspecified atom stereocenters. The highest BCUT2D eigenvalue weighted by Gasteiger charge is 2.28. The van der Waals surface area contributed by atoms with Crippen LogP contribution >= 0.6 is 34.8 Å². The van der Waals surface area contributed by atoms with E-state index < -0.39 is 15.9 Å². The minimum Gasteiger partial charge on any atom is -0.445 e. The van der Waals surface area contributed by atoms with Crippen LogP contribution in [0.5, 0.6) is 0 Å². The molecule has 0 aromatic rings. The number of carbonyl (C=O) groups excluding carboxylic acids is 2. The number of piperidine rings is 1. The molecule has 1 fully saturated rings. The molecule has 3 N–H and O–H groups in total. The number of nitrogens with two attached hydrogens (primary N) is 1. The Bertz CT molecular complexity index is 384. The van der Waals surface area contributed by atoms with Crippen LogP contribution in [0.3, 0.4) is 0 Å². The van der Waals surface area contributed by atoms with Crippen molar-refractivity contribution in [2.45, 2.75) is 28.7 Å². The largest absolute Gasteiger partial charge is 0.445 e. The van der Waals surface area contributed by atoms with E-state index in [0.717, 1.165) is 0 Å². The van der Waals surface area contributed by atoms with Gasteiger partial charge >= 0.3 is 6.09 Å². The van der Waals surface area contributed by atoms with Gasteiger partial charge in [0.15, 0.2) is 0 Å². The number of ether oxygens (including phenoxy) is 2. The van der Waals surface area contributed by atoms with Gasteiger partial charge in [0.05, 0.1) is 6.61 Å². The van der Waals surface area contributed by atoms with Crippen LogP contribution in [0.25, 0.3) is 0 Å². The molecule has 0 aliphatic carbocycles. The zero-order valence-corrected chi connectivity index (χ0v) is 14.5. The standard InChI is InChI=1S/C12H20Cl3N3O4/c1-21-6-9(16)10(19)17-8-2-4-18(5-3-8)11(20)22-7-12(13,14)15/h8-9H,2-7,16H2,1H3,(H,17,19)/t9-/m0/s1. The smallest absolute Gasteiger partial charge is 0.409 e. The van der Waals surface area contributed by atoms with Crippen LogP contribution in [0.15, 0.2) is 0 Å². The van der Waals surface area contributed by atoms with Gasteiger partial charge in [0, 0.05) is 26.2 Å². The number of halogens is 3. The van der Waals surface area contributed by atoms with E-state index >= 15 is 0 Å². The first-order valence-corrected chi connectivity index (χ1v) is 7.89. The van der Waals surface area contributed by atoms with E-state index in [-0.39, 0.29) is 25.2 Å². The summed E-state index contributed by atoms with van der Waals surface area (Å²) >= 11 is 16.6. The number of likely N-dealkylation sites (tertiary alicyclic amines) is 1. The molecular formula is C12H20Cl3N3O4. The molecule has 128 valence electrons. The fourth-order valence-electron chi connectivity index (χ4n) is 2.00. The molecule has 0 bridgehead atoms. The molecule has 10 heteroatoms. The van der Waals surface area contributed by atoms with E-state index in [2.05, 4.69) is 5.32 Å². The number of nitrogens with zero attached hydrogens (tertiary/aromatic N) is 1. The SMILES string of the molecule is COC[C@H](N)C(=O)NC1CCN(C(=O)OCC(Cl)(Cl)Cl)CC1. The second-order valence-corrected chi connectivity index (χ2v) is 7.52. The predicted octanol–water partition coefficient (Wildman–Crippen LogP) is 1.05. The number of alkyl halides is 3. The van der Waals surface area contributed by atoms with Crippen LogP contribution in [0.2, 0.25) is 0 Å². The summed E-state index contributed by atoms with van der Waals surface area (Å²) in [5.41, 5.74) is 5.64. The van der Waals surface area contributed by atoms with Crippen LogP contribution in [-0.2, 0) is 14.3 Å². The van der Waals surface area contributed by atoms with Crippen LogP contribution in [0, 0.1) is 0 Å². The fraction of sp³-hybridized carbons (Fsp3) is 0.833. The van der Waals surface area contributed by atoms with Gasteiger partial charge in [-0.15, -0.1) is 0 Å². The normalized spacial score (nSPS) is 18.0. The zero-order valence-electron chi connectivity index (χ0n) is 12.2. The predicted molar refractivity (Wildman–Crippen MR) is 84.2 cm³/mol. The van der Waals surface area contributed by atoms with Gasteiger partial charge in [-0.1, -0.05) is 34.8 Å². The zero-order chi connectivity index (χ0) is 16.8. The summed E-state index contributed by atoms with van der Waals surface area (Å²) in [4.78, 5) is 25.0. The van der Waals surface area contributed by atoms with Crippen LogP contribution in [0.1, 0.15) is 12.8 Å². The lowest BCUT2D eigenvalue weighted by Crippen LogP contribution is -2.51. The van der Waals surface area contributed by atoms with Gasteiger partial charge in [0.25, 0.3) is 0 Å². The van der Waals surface area contributed by atoms with E-state index in [1.165, 1.54) is 12.0 Å². The maximum atomic E-state index is 11.8. The number of amides is 2. The first kappa shape index (κ1) is 19.6. The lowest BCUT2D eigenvalue weighted by atomic mass is 10.1. The topological polar surface area (TPSA) is 93.9 Å². The number of methoxy groups -OCH3 is 1.